The van der Waals surface area contributed by atoms with Gasteiger partial charge in [-0.3, -0.25) is 4.79 Å². The van der Waals surface area contributed by atoms with E-state index in [9.17, 15) is 4.79 Å². The Balaban J connectivity index is 1.53. The zero-order valence-electron chi connectivity index (χ0n) is 15.1. The van der Waals surface area contributed by atoms with E-state index < -0.39 is 0 Å². The fourth-order valence-corrected chi connectivity index (χ4v) is 3.30. The van der Waals surface area contributed by atoms with Gasteiger partial charge in [-0.1, -0.05) is 60.6 Å². The highest BCUT2D eigenvalue weighted by atomic mass is 35.5. The van der Waals surface area contributed by atoms with Crippen LogP contribution >= 0.6 is 23.4 Å². The number of carbonyl (C=O) groups is 1. The summed E-state index contributed by atoms with van der Waals surface area (Å²) >= 11 is 7.12. The first-order valence-corrected chi connectivity index (χ1v) is 9.87. The third-order valence-electron chi connectivity index (χ3n) is 4.10. The minimum atomic E-state index is -0.341. The summed E-state index contributed by atoms with van der Waals surface area (Å²) in [7, 11) is 0. The lowest BCUT2D eigenvalue weighted by molar-refractivity contribution is -0.120. The summed E-state index contributed by atoms with van der Waals surface area (Å²) in [5.41, 5.74) is 1.98. The molecule has 2 unspecified atom stereocenters. The molecule has 1 amide bonds. The first-order valence-electron chi connectivity index (χ1n) is 8.61. The van der Waals surface area contributed by atoms with Crippen LogP contribution in [0.2, 0.25) is 5.02 Å². The minimum absolute atomic E-state index is 0.0611. The molecule has 0 spiro atoms. The number of rotatable bonds is 7. The summed E-state index contributed by atoms with van der Waals surface area (Å²) in [5.74, 6) is 0.584. The summed E-state index contributed by atoms with van der Waals surface area (Å²) in [5, 5.41) is 11.7. The lowest BCUT2D eigenvalue weighted by Gasteiger charge is -2.15. The number of hydrogen-bond acceptors (Lipinski definition) is 5. The van der Waals surface area contributed by atoms with Gasteiger partial charge in [0.05, 0.1) is 5.25 Å². The van der Waals surface area contributed by atoms with Crippen LogP contribution < -0.4 is 5.32 Å². The van der Waals surface area contributed by atoms with Crippen molar-refractivity contribution in [2.45, 2.75) is 30.2 Å². The molecule has 140 valence electrons. The molecule has 0 bridgehead atoms. The zero-order chi connectivity index (χ0) is 19.2. The predicted molar refractivity (Wildman–Crippen MR) is 108 cm³/mol. The number of aromatic nitrogens is 2. The molecule has 0 radical (unpaired) electrons. The molecule has 0 aliphatic carbocycles. The van der Waals surface area contributed by atoms with Crippen molar-refractivity contribution in [2.24, 2.45) is 0 Å². The SMILES string of the molecule is CC(Sc1nnc(-c2ccc(Cl)cc2)o1)C(=O)NCC(C)c1ccccc1. The largest absolute Gasteiger partial charge is 0.411 e. The molecule has 5 nitrogen and oxygen atoms in total. The second-order valence-electron chi connectivity index (χ2n) is 6.20. The maximum Gasteiger partial charge on any atom is 0.277 e. The molecule has 3 aromatic rings. The molecular weight excluding hydrogens is 382 g/mol. The van der Waals surface area contributed by atoms with Crippen molar-refractivity contribution in [3.63, 3.8) is 0 Å². The van der Waals surface area contributed by atoms with Crippen molar-refractivity contribution in [3.8, 4) is 11.5 Å². The Labute approximate surface area is 167 Å². The molecule has 0 fully saturated rings. The minimum Gasteiger partial charge on any atom is -0.411 e. The van der Waals surface area contributed by atoms with Crippen molar-refractivity contribution in [2.75, 3.05) is 6.54 Å². The van der Waals surface area contributed by atoms with Gasteiger partial charge in [0.1, 0.15) is 0 Å². The van der Waals surface area contributed by atoms with Crippen molar-refractivity contribution >= 4 is 29.3 Å². The van der Waals surface area contributed by atoms with E-state index in [-0.39, 0.29) is 17.1 Å². The average Bonchev–Trinajstić information content (AvgIpc) is 3.15. The van der Waals surface area contributed by atoms with Crippen LogP contribution in [-0.2, 0) is 4.79 Å². The first kappa shape index (κ1) is 19.5. The van der Waals surface area contributed by atoms with Crippen LogP contribution in [0.5, 0.6) is 0 Å². The quantitative estimate of drug-likeness (QED) is 0.576. The molecule has 0 aliphatic rings. The van der Waals surface area contributed by atoms with E-state index >= 15 is 0 Å². The third kappa shape index (κ3) is 5.34. The maximum absolute atomic E-state index is 12.4. The topological polar surface area (TPSA) is 68.0 Å². The summed E-state index contributed by atoms with van der Waals surface area (Å²) in [6.45, 7) is 4.48. The van der Waals surface area contributed by atoms with E-state index in [0.29, 0.717) is 22.7 Å². The Morgan fingerprint density at radius 1 is 1.11 bits per heavy atom. The Hall–Kier alpha value is -2.31. The first-order chi connectivity index (χ1) is 13.0. The third-order valence-corrected chi connectivity index (χ3v) is 5.28. The summed E-state index contributed by atoms with van der Waals surface area (Å²) < 4.78 is 5.64. The van der Waals surface area contributed by atoms with E-state index in [4.69, 9.17) is 16.0 Å². The van der Waals surface area contributed by atoms with Crippen LogP contribution in [0.25, 0.3) is 11.5 Å². The van der Waals surface area contributed by atoms with Gasteiger partial charge >= 0.3 is 0 Å². The predicted octanol–water partition coefficient (Wildman–Crippen LogP) is 4.79. The van der Waals surface area contributed by atoms with Gasteiger partial charge in [0, 0.05) is 17.1 Å². The smallest absolute Gasteiger partial charge is 0.277 e. The van der Waals surface area contributed by atoms with Gasteiger partial charge < -0.3 is 9.73 Å². The molecule has 2 atom stereocenters. The molecule has 0 saturated heterocycles. The van der Waals surface area contributed by atoms with Crippen LogP contribution in [0.4, 0.5) is 0 Å². The number of benzene rings is 2. The number of thioether (sulfide) groups is 1. The van der Waals surface area contributed by atoms with Gasteiger partial charge in [0.15, 0.2) is 0 Å². The molecule has 27 heavy (non-hydrogen) atoms. The standard InChI is InChI=1S/C20H20ClN3O2S/c1-13(15-6-4-3-5-7-15)12-22-18(25)14(2)27-20-24-23-19(26-20)16-8-10-17(21)11-9-16/h3-11,13-14H,12H2,1-2H3,(H,22,25). The van der Waals surface area contributed by atoms with Gasteiger partial charge in [0.2, 0.25) is 11.8 Å². The van der Waals surface area contributed by atoms with Crippen molar-refractivity contribution < 1.29 is 9.21 Å². The van der Waals surface area contributed by atoms with E-state index in [1.54, 1.807) is 12.1 Å². The van der Waals surface area contributed by atoms with Crippen LogP contribution in [0.15, 0.2) is 64.2 Å². The monoisotopic (exact) mass is 401 g/mol. The highest BCUT2D eigenvalue weighted by molar-refractivity contribution is 8.00. The Bertz CT molecular complexity index is 884. The fraction of sp³-hybridized carbons (Fsp3) is 0.250. The van der Waals surface area contributed by atoms with Crippen molar-refractivity contribution in [1.82, 2.24) is 15.5 Å². The van der Waals surface area contributed by atoms with E-state index in [2.05, 4.69) is 34.6 Å². The summed E-state index contributed by atoms with van der Waals surface area (Å²) in [6, 6.07) is 17.3. The second kappa shape index (κ2) is 9.06. The maximum atomic E-state index is 12.4. The number of nitrogens with one attached hydrogen (secondary N) is 1. The molecule has 1 heterocycles. The normalized spacial score (nSPS) is 13.1. The molecule has 0 aliphatic heterocycles. The average molecular weight is 402 g/mol. The van der Waals surface area contributed by atoms with Crippen molar-refractivity contribution in [1.29, 1.82) is 0 Å². The van der Waals surface area contributed by atoms with Crippen molar-refractivity contribution in [3.05, 3.63) is 65.2 Å². The molecule has 3 rings (SSSR count). The lowest BCUT2D eigenvalue weighted by atomic mass is 10.0. The highest BCUT2D eigenvalue weighted by Gasteiger charge is 2.19. The molecule has 0 saturated carbocycles. The van der Waals surface area contributed by atoms with Gasteiger partial charge in [0.25, 0.3) is 5.22 Å². The summed E-state index contributed by atoms with van der Waals surface area (Å²) in [6.07, 6.45) is 0. The van der Waals surface area contributed by atoms with Gasteiger partial charge in [-0.15, -0.1) is 10.2 Å². The van der Waals surface area contributed by atoms with E-state index in [1.807, 2.05) is 37.3 Å². The molecule has 1 N–H and O–H groups in total. The molecule has 7 heteroatoms. The van der Waals surface area contributed by atoms with Gasteiger partial charge in [-0.05, 0) is 42.7 Å². The Morgan fingerprint density at radius 3 is 2.52 bits per heavy atom. The fourth-order valence-electron chi connectivity index (χ4n) is 2.47. The van der Waals surface area contributed by atoms with Crippen LogP contribution in [0.1, 0.15) is 25.3 Å². The number of amides is 1. The number of hydrogen-bond donors (Lipinski definition) is 1. The van der Waals surface area contributed by atoms with Crippen LogP contribution in [0, 0.1) is 0 Å². The van der Waals surface area contributed by atoms with Crippen LogP contribution in [-0.4, -0.2) is 27.9 Å². The Morgan fingerprint density at radius 2 is 1.81 bits per heavy atom. The van der Waals surface area contributed by atoms with E-state index in [0.717, 1.165) is 5.56 Å². The van der Waals surface area contributed by atoms with E-state index in [1.165, 1.54) is 17.3 Å². The molecule has 1 aromatic heterocycles. The molecule has 2 aromatic carbocycles. The van der Waals surface area contributed by atoms with Gasteiger partial charge in [-0.25, -0.2) is 0 Å². The second-order valence-corrected chi connectivity index (χ2v) is 7.93. The van der Waals surface area contributed by atoms with Gasteiger partial charge in [-0.2, -0.15) is 0 Å². The number of carbonyl (C=O) groups excluding carboxylic acids is 1. The Kier molecular flexibility index (Phi) is 6.53. The molecular formula is C20H20ClN3O2S. The van der Waals surface area contributed by atoms with Crippen LogP contribution in [0.3, 0.4) is 0 Å². The summed E-state index contributed by atoms with van der Waals surface area (Å²) in [4.78, 5) is 12.4. The lowest BCUT2D eigenvalue weighted by Crippen LogP contribution is -2.33. The highest BCUT2D eigenvalue weighted by Crippen LogP contribution is 2.27. The number of halogens is 1. The number of nitrogens with zero attached hydrogens (tertiary/aromatic N) is 2. The zero-order valence-corrected chi connectivity index (χ0v) is 16.6.